The largest absolute Gasteiger partial charge is 0.481 e. The number of hydrogen-bond donors (Lipinski definition) is 3. The number of carbonyl (C=O) groups excluding carboxylic acids is 1. The molecule has 0 aliphatic carbocycles. The first-order valence-electron chi connectivity index (χ1n) is 5.76. The average molecular weight is 240 g/mol. The molecular weight excluding hydrogens is 220 g/mol. The van der Waals surface area contributed by atoms with Gasteiger partial charge >= 0.3 is 12.0 Å². The molecule has 5 nitrogen and oxygen atoms in total. The third-order valence-corrected chi connectivity index (χ3v) is 2.15. The highest BCUT2D eigenvalue weighted by Crippen LogP contribution is 1.98. The normalized spacial score (nSPS) is 11.3. The molecule has 2 amide bonds. The van der Waals surface area contributed by atoms with Gasteiger partial charge in [0.15, 0.2) is 0 Å². The zero-order valence-corrected chi connectivity index (χ0v) is 10.2. The highest BCUT2D eigenvalue weighted by atomic mass is 16.4. The third kappa shape index (κ3) is 10.6. The molecule has 0 aliphatic rings. The standard InChI is InChI=1S/C12H20N2O3/c1-3-7-10(2)14-12(17)13-9-6-4-5-8-11(15)16/h1,10H,4-9H2,2H3,(H,15,16)(H2,13,14,17). The first-order chi connectivity index (χ1) is 8.06. The molecule has 0 saturated heterocycles. The molecule has 1 atom stereocenters. The highest BCUT2D eigenvalue weighted by molar-refractivity contribution is 5.74. The number of rotatable bonds is 8. The number of amides is 2. The van der Waals surface area contributed by atoms with Gasteiger partial charge in [-0.25, -0.2) is 4.79 Å². The summed E-state index contributed by atoms with van der Waals surface area (Å²) >= 11 is 0. The van der Waals surface area contributed by atoms with E-state index in [0.717, 1.165) is 12.8 Å². The van der Waals surface area contributed by atoms with Gasteiger partial charge in [-0.05, 0) is 19.8 Å². The Labute approximate surface area is 102 Å². The SMILES string of the molecule is C#CCC(C)NC(=O)NCCCCCC(=O)O. The van der Waals surface area contributed by atoms with E-state index in [2.05, 4.69) is 16.6 Å². The molecule has 0 aromatic rings. The van der Waals surface area contributed by atoms with Crippen molar-refractivity contribution in [2.45, 2.75) is 45.1 Å². The van der Waals surface area contributed by atoms with Crippen LogP contribution in [0.25, 0.3) is 0 Å². The molecule has 0 aromatic heterocycles. The molecule has 0 bridgehead atoms. The number of carbonyl (C=O) groups is 2. The summed E-state index contributed by atoms with van der Waals surface area (Å²) in [4.78, 5) is 21.5. The van der Waals surface area contributed by atoms with E-state index in [1.54, 1.807) is 0 Å². The number of carboxylic acid groups (broad SMARTS) is 1. The van der Waals surface area contributed by atoms with Crippen LogP contribution in [0.5, 0.6) is 0 Å². The summed E-state index contributed by atoms with van der Waals surface area (Å²) in [7, 11) is 0. The van der Waals surface area contributed by atoms with Gasteiger partial charge in [0.1, 0.15) is 0 Å². The number of aliphatic carboxylic acids is 1. The van der Waals surface area contributed by atoms with Gasteiger partial charge in [-0.3, -0.25) is 4.79 Å². The Kier molecular flexibility index (Phi) is 8.57. The molecule has 0 fully saturated rings. The summed E-state index contributed by atoms with van der Waals surface area (Å²) in [6.07, 6.45) is 8.03. The van der Waals surface area contributed by atoms with Crippen molar-refractivity contribution in [2.75, 3.05) is 6.54 Å². The maximum absolute atomic E-state index is 11.3. The molecule has 0 heterocycles. The fourth-order valence-corrected chi connectivity index (χ4v) is 1.28. The number of unbranched alkanes of at least 4 members (excludes halogenated alkanes) is 2. The van der Waals surface area contributed by atoms with Crippen molar-refractivity contribution in [3.8, 4) is 12.3 Å². The third-order valence-electron chi connectivity index (χ3n) is 2.15. The molecule has 0 aliphatic heterocycles. The van der Waals surface area contributed by atoms with E-state index in [0.29, 0.717) is 19.4 Å². The Balaban J connectivity index is 3.40. The first-order valence-corrected chi connectivity index (χ1v) is 5.76. The maximum atomic E-state index is 11.3. The Bertz CT molecular complexity index is 284. The van der Waals surface area contributed by atoms with Crippen LogP contribution in [0.2, 0.25) is 0 Å². The Morgan fingerprint density at radius 2 is 2.06 bits per heavy atom. The highest BCUT2D eigenvalue weighted by Gasteiger charge is 2.04. The van der Waals surface area contributed by atoms with E-state index < -0.39 is 5.97 Å². The quantitative estimate of drug-likeness (QED) is 0.442. The lowest BCUT2D eigenvalue weighted by molar-refractivity contribution is -0.137. The van der Waals surface area contributed by atoms with E-state index in [9.17, 15) is 9.59 Å². The smallest absolute Gasteiger partial charge is 0.315 e. The van der Waals surface area contributed by atoms with Crippen LogP contribution < -0.4 is 10.6 Å². The second-order valence-electron chi connectivity index (χ2n) is 3.91. The second kappa shape index (κ2) is 9.52. The summed E-state index contributed by atoms with van der Waals surface area (Å²) in [6.45, 7) is 2.39. The molecule has 0 saturated carbocycles. The molecule has 0 rings (SSSR count). The Hall–Kier alpha value is -1.70. The monoisotopic (exact) mass is 240 g/mol. The van der Waals surface area contributed by atoms with Gasteiger partial charge in [-0.1, -0.05) is 6.42 Å². The van der Waals surface area contributed by atoms with Crippen LogP contribution in [-0.2, 0) is 4.79 Å². The molecule has 96 valence electrons. The van der Waals surface area contributed by atoms with E-state index in [1.807, 2.05) is 6.92 Å². The van der Waals surface area contributed by atoms with E-state index in [1.165, 1.54) is 0 Å². The molecule has 5 heteroatoms. The minimum absolute atomic E-state index is 0.0352. The van der Waals surface area contributed by atoms with Gasteiger partial charge in [0.05, 0.1) is 0 Å². The van der Waals surface area contributed by atoms with Crippen molar-refractivity contribution in [3.05, 3.63) is 0 Å². The van der Waals surface area contributed by atoms with E-state index in [-0.39, 0.29) is 18.5 Å². The Morgan fingerprint density at radius 1 is 1.35 bits per heavy atom. The van der Waals surface area contributed by atoms with Crippen LogP contribution in [0, 0.1) is 12.3 Å². The van der Waals surface area contributed by atoms with Gasteiger partial charge in [0, 0.05) is 25.4 Å². The van der Waals surface area contributed by atoms with Gasteiger partial charge in [-0.15, -0.1) is 12.3 Å². The van der Waals surface area contributed by atoms with Crippen LogP contribution in [0.4, 0.5) is 4.79 Å². The number of urea groups is 1. The molecule has 1 unspecified atom stereocenters. The lowest BCUT2D eigenvalue weighted by atomic mass is 10.2. The summed E-state index contributed by atoms with van der Waals surface area (Å²) in [5, 5.41) is 13.8. The lowest BCUT2D eigenvalue weighted by Crippen LogP contribution is -2.40. The fourth-order valence-electron chi connectivity index (χ4n) is 1.28. The maximum Gasteiger partial charge on any atom is 0.315 e. The minimum atomic E-state index is -0.779. The molecule has 3 N–H and O–H groups in total. The zero-order chi connectivity index (χ0) is 13.1. The fraction of sp³-hybridized carbons (Fsp3) is 0.667. The first kappa shape index (κ1) is 15.3. The zero-order valence-electron chi connectivity index (χ0n) is 10.2. The summed E-state index contributed by atoms with van der Waals surface area (Å²) < 4.78 is 0. The molecular formula is C12H20N2O3. The van der Waals surface area contributed by atoms with Crippen molar-refractivity contribution in [1.29, 1.82) is 0 Å². The van der Waals surface area contributed by atoms with E-state index in [4.69, 9.17) is 11.5 Å². The predicted octanol–water partition coefficient (Wildman–Crippen LogP) is 1.34. The molecule has 0 aromatic carbocycles. The van der Waals surface area contributed by atoms with Gasteiger partial charge in [-0.2, -0.15) is 0 Å². The van der Waals surface area contributed by atoms with Crippen LogP contribution in [0.3, 0.4) is 0 Å². The average Bonchev–Trinajstić information content (AvgIpc) is 2.23. The number of terminal acetylenes is 1. The lowest BCUT2D eigenvalue weighted by Gasteiger charge is -2.11. The van der Waals surface area contributed by atoms with Crippen LogP contribution >= 0.6 is 0 Å². The summed E-state index contributed by atoms with van der Waals surface area (Å²) in [5.41, 5.74) is 0. The molecule has 0 radical (unpaired) electrons. The van der Waals surface area contributed by atoms with Crippen LogP contribution in [0.15, 0.2) is 0 Å². The van der Waals surface area contributed by atoms with Crippen molar-refractivity contribution in [1.82, 2.24) is 10.6 Å². The van der Waals surface area contributed by atoms with Crippen molar-refractivity contribution >= 4 is 12.0 Å². The summed E-state index contributed by atoms with van der Waals surface area (Å²) in [6, 6.07) is -0.266. The van der Waals surface area contributed by atoms with E-state index >= 15 is 0 Å². The van der Waals surface area contributed by atoms with Gasteiger partial charge in [0.2, 0.25) is 0 Å². The van der Waals surface area contributed by atoms with Gasteiger partial charge < -0.3 is 15.7 Å². The summed E-state index contributed by atoms with van der Waals surface area (Å²) in [5.74, 6) is 1.69. The predicted molar refractivity (Wildman–Crippen MR) is 65.6 cm³/mol. The molecule has 17 heavy (non-hydrogen) atoms. The molecule has 0 spiro atoms. The minimum Gasteiger partial charge on any atom is -0.481 e. The van der Waals surface area contributed by atoms with Crippen molar-refractivity contribution in [2.24, 2.45) is 0 Å². The van der Waals surface area contributed by atoms with Crippen LogP contribution in [0.1, 0.15) is 39.0 Å². The number of nitrogens with one attached hydrogen (secondary N) is 2. The van der Waals surface area contributed by atoms with Crippen LogP contribution in [-0.4, -0.2) is 29.7 Å². The topological polar surface area (TPSA) is 78.4 Å². The Morgan fingerprint density at radius 3 is 2.65 bits per heavy atom. The number of carboxylic acids is 1. The van der Waals surface area contributed by atoms with Crippen molar-refractivity contribution in [3.63, 3.8) is 0 Å². The second-order valence-corrected chi connectivity index (χ2v) is 3.91. The van der Waals surface area contributed by atoms with Crippen molar-refractivity contribution < 1.29 is 14.7 Å². The van der Waals surface area contributed by atoms with Gasteiger partial charge in [0.25, 0.3) is 0 Å². The number of hydrogen-bond acceptors (Lipinski definition) is 2.